The van der Waals surface area contributed by atoms with Crippen LogP contribution in [0, 0.1) is 6.92 Å². The lowest BCUT2D eigenvalue weighted by Gasteiger charge is -2.14. The van der Waals surface area contributed by atoms with Crippen LogP contribution in [0.3, 0.4) is 0 Å². The molecule has 0 unspecified atom stereocenters. The lowest BCUT2D eigenvalue weighted by molar-refractivity contribution is -0.140. The van der Waals surface area contributed by atoms with Gasteiger partial charge in [0.1, 0.15) is 5.75 Å². The fraction of sp³-hybridized carbons (Fsp3) is 0.500. The molecule has 1 aromatic rings. The van der Waals surface area contributed by atoms with Gasteiger partial charge < -0.3 is 15.2 Å². The number of hydrogen-bond acceptors (Lipinski definition) is 4. The fourth-order valence-electron chi connectivity index (χ4n) is 1.64. The highest BCUT2D eigenvalue weighted by Gasteiger charge is 2.08. The first-order chi connectivity index (χ1) is 8.54. The third-order valence-corrected chi connectivity index (χ3v) is 2.67. The van der Waals surface area contributed by atoms with Crippen LogP contribution >= 0.6 is 0 Å². The van der Waals surface area contributed by atoms with Crippen LogP contribution < -0.4 is 10.5 Å². The Hall–Kier alpha value is -1.55. The highest BCUT2D eigenvalue weighted by atomic mass is 16.5. The van der Waals surface area contributed by atoms with E-state index in [-0.39, 0.29) is 12.0 Å². The topological polar surface area (TPSA) is 61.5 Å². The molecule has 4 nitrogen and oxygen atoms in total. The molecule has 0 spiro atoms. The van der Waals surface area contributed by atoms with Gasteiger partial charge in [0.15, 0.2) is 0 Å². The van der Waals surface area contributed by atoms with E-state index < -0.39 is 0 Å². The van der Waals surface area contributed by atoms with Crippen molar-refractivity contribution in [1.82, 2.24) is 0 Å². The van der Waals surface area contributed by atoms with Crippen LogP contribution in [0.4, 0.5) is 0 Å². The number of methoxy groups -OCH3 is 1. The van der Waals surface area contributed by atoms with Gasteiger partial charge in [-0.1, -0.05) is 12.1 Å². The monoisotopic (exact) mass is 251 g/mol. The summed E-state index contributed by atoms with van der Waals surface area (Å²) in [6.07, 6.45) is 1.01. The molecule has 18 heavy (non-hydrogen) atoms. The SMILES string of the molecule is COC(=O)CCCOc1cc(C)ccc1[C@H](C)N. The summed E-state index contributed by atoms with van der Waals surface area (Å²) in [5.41, 5.74) is 8.00. The Labute approximate surface area is 108 Å². The Kier molecular flexibility index (Phi) is 5.65. The Balaban J connectivity index is 2.55. The Morgan fingerprint density at radius 3 is 2.78 bits per heavy atom. The van der Waals surface area contributed by atoms with Gasteiger partial charge in [-0.05, 0) is 31.9 Å². The van der Waals surface area contributed by atoms with Crippen LogP contribution in [0.1, 0.15) is 36.9 Å². The van der Waals surface area contributed by atoms with E-state index in [2.05, 4.69) is 4.74 Å². The second-order valence-corrected chi connectivity index (χ2v) is 4.36. The van der Waals surface area contributed by atoms with Gasteiger partial charge in [-0.25, -0.2) is 0 Å². The van der Waals surface area contributed by atoms with E-state index in [0.29, 0.717) is 19.4 Å². The number of nitrogens with two attached hydrogens (primary N) is 1. The van der Waals surface area contributed by atoms with Gasteiger partial charge in [-0.15, -0.1) is 0 Å². The summed E-state index contributed by atoms with van der Waals surface area (Å²) in [5, 5.41) is 0. The number of esters is 1. The Morgan fingerprint density at radius 1 is 1.44 bits per heavy atom. The summed E-state index contributed by atoms with van der Waals surface area (Å²) in [6.45, 7) is 4.41. The number of aryl methyl sites for hydroxylation is 1. The van der Waals surface area contributed by atoms with Gasteiger partial charge >= 0.3 is 5.97 Å². The zero-order chi connectivity index (χ0) is 13.5. The zero-order valence-corrected chi connectivity index (χ0v) is 11.2. The van der Waals surface area contributed by atoms with Crippen molar-refractivity contribution < 1.29 is 14.3 Å². The maximum Gasteiger partial charge on any atom is 0.305 e. The van der Waals surface area contributed by atoms with E-state index >= 15 is 0 Å². The summed E-state index contributed by atoms with van der Waals surface area (Å²) in [7, 11) is 1.39. The molecule has 0 fully saturated rings. The van der Waals surface area contributed by atoms with Gasteiger partial charge in [0.05, 0.1) is 13.7 Å². The Bertz CT molecular complexity index is 402. The second-order valence-electron chi connectivity index (χ2n) is 4.36. The van der Waals surface area contributed by atoms with Crippen molar-refractivity contribution in [3.8, 4) is 5.75 Å². The van der Waals surface area contributed by atoms with Crippen LogP contribution in [0.15, 0.2) is 18.2 Å². The molecule has 1 rings (SSSR count). The van der Waals surface area contributed by atoms with E-state index in [1.807, 2.05) is 32.0 Å². The van der Waals surface area contributed by atoms with Crippen molar-refractivity contribution in [2.75, 3.05) is 13.7 Å². The second kappa shape index (κ2) is 7.01. The lowest BCUT2D eigenvalue weighted by Crippen LogP contribution is -2.10. The van der Waals surface area contributed by atoms with Crippen molar-refractivity contribution in [1.29, 1.82) is 0 Å². The van der Waals surface area contributed by atoms with Crippen LogP contribution in [0.5, 0.6) is 5.75 Å². The maximum absolute atomic E-state index is 11.0. The summed E-state index contributed by atoms with van der Waals surface area (Å²) in [5.74, 6) is 0.588. The molecule has 0 heterocycles. The predicted octanol–water partition coefficient (Wildman–Crippen LogP) is 2.35. The molecule has 0 saturated carbocycles. The summed E-state index contributed by atoms with van der Waals surface area (Å²) in [6, 6.07) is 5.90. The van der Waals surface area contributed by atoms with Crippen molar-refractivity contribution in [3.05, 3.63) is 29.3 Å². The third kappa shape index (κ3) is 4.37. The minimum Gasteiger partial charge on any atom is -0.493 e. The minimum absolute atomic E-state index is 0.0683. The molecule has 0 aliphatic rings. The minimum atomic E-state index is -0.213. The molecule has 100 valence electrons. The average molecular weight is 251 g/mol. The molecule has 0 aromatic heterocycles. The van der Waals surface area contributed by atoms with Crippen molar-refractivity contribution in [2.24, 2.45) is 5.73 Å². The smallest absolute Gasteiger partial charge is 0.305 e. The number of rotatable bonds is 6. The third-order valence-electron chi connectivity index (χ3n) is 2.67. The lowest BCUT2D eigenvalue weighted by atomic mass is 10.1. The molecule has 1 atom stereocenters. The molecule has 0 aliphatic heterocycles. The summed E-state index contributed by atoms with van der Waals surface area (Å²) >= 11 is 0. The average Bonchev–Trinajstić information content (AvgIpc) is 2.34. The molecular weight excluding hydrogens is 230 g/mol. The zero-order valence-electron chi connectivity index (χ0n) is 11.2. The van der Waals surface area contributed by atoms with Crippen LogP contribution in [-0.4, -0.2) is 19.7 Å². The quantitative estimate of drug-likeness (QED) is 0.622. The van der Waals surface area contributed by atoms with Crippen molar-refractivity contribution >= 4 is 5.97 Å². The van der Waals surface area contributed by atoms with Gasteiger partial charge in [0, 0.05) is 18.0 Å². The van der Waals surface area contributed by atoms with Crippen LogP contribution in [0.2, 0.25) is 0 Å². The molecular formula is C14H21NO3. The summed E-state index contributed by atoms with van der Waals surface area (Å²) in [4.78, 5) is 11.0. The summed E-state index contributed by atoms with van der Waals surface area (Å²) < 4.78 is 10.3. The Morgan fingerprint density at radius 2 is 2.17 bits per heavy atom. The van der Waals surface area contributed by atoms with Gasteiger partial charge in [0.25, 0.3) is 0 Å². The van der Waals surface area contributed by atoms with E-state index in [4.69, 9.17) is 10.5 Å². The standard InChI is InChI=1S/C14H21NO3/c1-10-6-7-12(11(2)15)13(9-10)18-8-4-5-14(16)17-3/h6-7,9,11H,4-5,8,15H2,1-3H3/t11-/m0/s1. The van der Waals surface area contributed by atoms with Gasteiger partial charge in [0.2, 0.25) is 0 Å². The molecule has 0 amide bonds. The van der Waals surface area contributed by atoms with Crippen LogP contribution in [0.25, 0.3) is 0 Å². The fourth-order valence-corrected chi connectivity index (χ4v) is 1.64. The number of hydrogen-bond donors (Lipinski definition) is 1. The maximum atomic E-state index is 11.0. The normalized spacial score (nSPS) is 12.0. The highest BCUT2D eigenvalue weighted by Crippen LogP contribution is 2.25. The van der Waals surface area contributed by atoms with Crippen molar-refractivity contribution in [2.45, 2.75) is 32.7 Å². The molecule has 0 radical (unpaired) electrons. The highest BCUT2D eigenvalue weighted by molar-refractivity contribution is 5.69. The predicted molar refractivity (Wildman–Crippen MR) is 70.5 cm³/mol. The van der Waals surface area contributed by atoms with Crippen molar-refractivity contribution in [3.63, 3.8) is 0 Å². The largest absolute Gasteiger partial charge is 0.493 e. The first-order valence-corrected chi connectivity index (χ1v) is 6.10. The van der Waals surface area contributed by atoms with Gasteiger partial charge in [-0.2, -0.15) is 0 Å². The number of carbonyl (C=O) groups is 1. The molecule has 0 aliphatic carbocycles. The molecule has 2 N–H and O–H groups in total. The number of ether oxygens (including phenoxy) is 2. The first-order valence-electron chi connectivity index (χ1n) is 6.10. The van der Waals surface area contributed by atoms with Gasteiger partial charge in [-0.3, -0.25) is 4.79 Å². The van der Waals surface area contributed by atoms with Crippen LogP contribution in [-0.2, 0) is 9.53 Å². The molecule has 0 bridgehead atoms. The van der Waals surface area contributed by atoms with E-state index in [1.165, 1.54) is 7.11 Å². The molecule has 0 saturated heterocycles. The first kappa shape index (κ1) is 14.5. The van der Waals surface area contributed by atoms with E-state index in [1.54, 1.807) is 0 Å². The van der Waals surface area contributed by atoms with E-state index in [9.17, 15) is 4.79 Å². The number of carbonyl (C=O) groups excluding carboxylic acids is 1. The van der Waals surface area contributed by atoms with E-state index in [0.717, 1.165) is 16.9 Å². The number of benzene rings is 1. The molecule has 1 aromatic carbocycles. The molecule has 4 heteroatoms.